The number of methoxy groups -OCH3 is 1. The van der Waals surface area contributed by atoms with E-state index in [1.807, 2.05) is 13.8 Å². The van der Waals surface area contributed by atoms with Gasteiger partial charge in [0, 0.05) is 12.5 Å². The predicted octanol–water partition coefficient (Wildman–Crippen LogP) is 1.91. The van der Waals surface area contributed by atoms with Gasteiger partial charge in [0.15, 0.2) is 0 Å². The first-order chi connectivity index (χ1) is 8.83. The van der Waals surface area contributed by atoms with E-state index >= 15 is 0 Å². The molecule has 0 saturated carbocycles. The molecular weight excluding hydrogens is 252 g/mol. The Labute approximate surface area is 110 Å². The maximum Gasteiger partial charge on any atom is 0.384 e. The van der Waals surface area contributed by atoms with Gasteiger partial charge < -0.3 is 19.4 Å². The summed E-state index contributed by atoms with van der Waals surface area (Å²) in [7, 11) is 1.55. The molecule has 0 fully saturated rings. The molecule has 1 aromatic heterocycles. The normalized spacial score (nSPS) is 13.3. The number of hydrogen-bond acceptors (Lipinski definition) is 6. The van der Waals surface area contributed by atoms with Crippen LogP contribution < -0.4 is 0 Å². The molecule has 1 heterocycles. The lowest BCUT2D eigenvalue weighted by Gasteiger charge is -2.28. The lowest BCUT2D eigenvalue weighted by Crippen LogP contribution is -2.35. The Hall–Kier alpha value is -1.83. The fourth-order valence-electron chi connectivity index (χ4n) is 1.87. The van der Waals surface area contributed by atoms with E-state index in [0.717, 1.165) is 0 Å². The van der Waals surface area contributed by atoms with E-state index in [4.69, 9.17) is 4.74 Å². The van der Waals surface area contributed by atoms with Gasteiger partial charge >= 0.3 is 5.82 Å². The third kappa shape index (κ3) is 3.34. The minimum atomic E-state index is -0.556. The quantitative estimate of drug-likeness (QED) is 0.428. The van der Waals surface area contributed by atoms with Crippen LogP contribution in [0.15, 0.2) is 11.5 Å². The van der Waals surface area contributed by atoms with Crippen LogP contribution in [0, 0.1) is 27.4 Å². The molecule has 0 aliphatic carbocycles. The largest absolute Gasteiger partial charge is 0.384 e. The van der Waals surface area contributed by atoms with E-state index in [-0.39, 0.29) is 12.4 Å². The zero-order valence-corrected chi connectivity index (χ0v) is 11.5. The highest BCUT2D eigenvalue weighted by atomic mass is 16.6. The van der Waals surface area contributed by atoms with Crippen LogP contribution in [0.3, 0.4) is 0 Å². The maximum atomic E-state index is 11.0. The summed E-state index contributed by atoms with van der Waals surface area (Å²) in [6, 6.07) is -0.556. The molecule has 8 nitrogen and oxygen atoms in total. The van der Waals surface area contributed by atoms with Crippen LogP contribution in [0.1, 0.15) is 19.5 Å². The summed E-state index contributed by atoms with van der Waals surface area (Å²) in [5.41, 5.74) is -0.0472. The van der Waals surface area contributed by atoms with E-state index in [1.54, 1.807) is 18.6 Å². The van der Waals surface area contributed by atoms with E-state index in [0.29, 0.717) is 12.3 Å². The number of aromatic nitrogens is 2. The van der Waals surface area contributed by atoms with Crippen molar-refractivity contribution in [1.82, 2.24) is 9.55 Å². The molecule has 1 unspecified atom stereocenters. The first kappa shape index (κ1) is 15.2. The van der Waals surface area contributed by atoms with Crippen molar-refractivity contribution in [3.8, 4) is 0 Å². The number of imidazole rings is 1. The van der Waals surface area contributed by atoms with E-state index in [1.165, 1.54) is 6.33 Å². The smallest absolute Gasteiger partial charge is 0.384 e. The lowest BCUT2D eigenvalue weighted by atomic mass is 9.85. The third-order valence-corrected chi connectivity index (χ3v) is 3.16. The molecule has 0 spiro atoms. The lowest BCUT2D eigenvalue weighted by molar-refractivity contribution is -0.389. The van der Waals surface area contributed by atoms with Crippen molar-refractivity contribution in [2.24, 2.45) is 10.6 Å². The van der Waals surface area contributed by atoms with Gasteiger partial charge in [-0.3, -0.25) is 0 Å². The van der Waals surface area contributed by atoms with Crippen LogP contribution in [-0.2, 0) is 11.3 Å². The topological polar surface area (TPSA) is 99.6 Å². The van der Waals surface area contributed by atoms with Crippen LogP contribution in [0.5, 0.6) is 0 Å². The summed E-state index contributed by atoms with van der Waals surface area (Å²) in [6.07, 6.45) is 1.36. The average Bonchev–Trinajstić information content (AvgIpc) is 2.67. The zero-order chi connectivity index (χ0) is 14.6. The molecule has 0 bridgehead atoms. The second kappa shape index (κ2) is 5.87. The molecule has 0 saturated heterocycles. The number of nitro groups is 1. The van der Waals surface area contributed by atoms with Crippen LogP contribution in [0.25, 0.3) is 0 Å². The van der Waals surface area contributed by atoms with Crippen molar-refractivity contribution >= 4 is 5.82 Å². The van der Waals surface area contributed by atoms with Crippen molar-refractivity contribution in [2.75, 3.05) is 13.7 Å². The van der Waals surface area contributed by atoms with Crippen LogP contribution in [0.2, 0.25) is 0 Å². The maximum absolute atomic E-state index is 11.0. The number of ether oxygens (including phenoxy) is 1. The van der Waals surface area contributed by atoms with Crippen LogP contribution in [0.4, 0.5) is 5.82 Å². The minimum absolute atomic E-state index is 0.200. The molecule has 1 rings (SSSR count). The molecule has 1 atom stereocenters. The Balaban J connectivity index is 2.94. The molecule has 19 heavy (non-hydrogen) atoms. The molecule has 1 aromatic rings. The van der Waals surface area contributed by atoms with Gasteiger partial charge in [-0.25, -0.2) is 0 Å². The Kier molecular flexibility index (Phi) is 4.71. The molecule has 0 amide bonds. The van der Waals surface area contributed by atoms with Gasteiger partial charge in [0.25, 0.3) is 0 Å². The fourth-order valence-corrected chi connectivity index (χ4v) is 1.87. The van der Waals surface area contributed by atoms with Gasteiger partial charge in [0.05, 0.1) is 13.2 Å². The van der Waals surface area contributed by atoms with Crippen LogP contribution >= 0.6 is 0 Å². The first-order valence-corrected chi connectivity index (χ1v) is 5.81. The van der Waals surface area contributed by atoms with Crippen molar-refractivity contribution in [1.29, 1.82) is 0 Å². The van der Waals surface area contributed by atoms with E-state index < -0.39 is 16.4 Å². The summed E-state index contributed by atoms with van der Waals surface area (Å²) >= 11 is 0. The second-order valence-electron chi connectivity index (χ2n) is 5.11. The van der Waals surface area contributed by atoms with Gasteiger partial charge in [-0.05, 0) is 16.8 Å². The highest BCUT2D eigenvalue weighted by Crippen LogP contribution is 2.26. The zero-order valence-electron chi connectivity index (χ0n) is 11.5. The predicted molar refractivity (Wildman–Crippen MR) is 68.9 cm³/mol. The Bertz CT molecular complexity index is 469. The molecular formula is C11H18N4O4. The van der Waals surface area contributed by atoms with Crippen molar-refractivity contribution in [3.05, 3.63) is 27.0 Å². The Morgan fingerprint density at radius 3 is 2.68 bits per heavy atom. The Morgan fingerprint density at radius 1 is 1.63 bits per heavy atom. The van der Waals surface area contributed by atoms with Gasteiger partial charge in [0.2, 0.25) is 6.33 Å². The van der Waals surface area contributed by atoms with Gasteiger partial charge in [-0.2, -0.15) is 4.91 Å². The number of hydrogen-bond donors (Lipinski definition) is 0. The highest BCUT2D eigenvalue weighted by Gasteiger charge is 2.32. The number of rotatable bonds is 7. The highest BCUT2D eigenvalue weighted by molar-refractivity contribution is 5.25. The molecule has 0 aliphatic rings. The molecule has 0 radical (unpaired) electrons. The monoisotopic (exact) mass is 270 g/mol. The Morgan fingerprint density at radius 2 is 2.26 bits per heavy atom. The van der Waals surface area contributed by atoms with Crippen LogP contribution in [-0.4, -0.2) is 34.2 Å². The number of nitrogens with zero attached hydrogens (tertiary/aromatic N) is 4. The second-order valence-corrected chi connectivity index (χ2v) is 5.11. The molecule has 0 aromatic carbocycles. The summed E-state index contributed by atoms with van der Waals surface area (Å²) in [5.74, 6) is -0.200. The molecule has 8 heteroatoms. The average molecular weight is 270 g/mol. The number of nitroso groups, excluding NO2 is 1. The third-order valence-electron chi connectivity index (χ3n) is 3.16. The first-order valence-electron chi connectivity index (χ1n) is 5.81. The summed E-state index contributed by atoms with van der Waals surface area (Å²) in [5, 5.41) is 13.8. The van der Waals surface area contributed by atoms with Gasteiger partial charge in [-0.15, -0.1) is 0 Å². The molecule has 0 N–H and O–H groups in total. The summed E-state index contributed by atoms with van der Waals surface area (Å²) < 4.78 is 6.64. The standard InChI is InChI=1S/C11H18N4O4/c1-8-10(15(17)18)12-7-14(8)5-9(13-16)11(2,3)6-19-4/h7,9H,5-6H2,1-4H3. The summed E-state index contributed by atoms with van der Waals surface area (Å²) in [6.45, 7) is 5.94. The van der Waals surface area contributed by atoms with Gasteiger partial charge in [-0.1, -0.05) is 19.0 Å². The van der Waals surface area contributed by atoms with Crippen molar-refractivity contribution < 1.29 is 9.66 Å². The molecule has 106 valence electrons. The fraction of sp³-hybridized carbons (Fsp3) is 0.727. The molecule has 0 aliphatic heterocycles. The van der Waals surface area contributed by atoms with E-state index in [2.05, 4.69) is 10.2 Å². The SMILES string of the molecule is COCC(C)(C)C(Cn1cnc([N+](=O)[O-])c1C)N=O. The summed E-state index contributed by atoms with van der Waals surface area (Å²) in [4.78, 5) is 24.9. The van der Waals surface area contributed by atoms with Crippen molar-refractivity contribution in [2.45, 2.75) is 33.4 Å². The van der Waals surface area contributed by atoms with E-state index in [9.17, 15) is 15.0 Å². The van der Waals surface area contributed by atoms with Crippen molar-refractivity contribution in [3.63, 3.8) is 0 Å². The van der Waals surface area contributed by atoms with Gasteiger partial charge in [0.1, 0.15) is 11.7 Å². The minimum Gasteiger partial charge on any atom is -0.384 e.